The molecule has 0 atom stereocenters. The third kappa shape index (κ3) is 4.24. The molecule has 0 spiro atoms. The second-order valence-electron chi connectivity index (χ2n) is 11.5. The van der Waals surface area contributed by atoms with Gasteiger partial charge < -0.3 is 0 Å². The molecule has 1 radical (unpaired) electrons. The van der Waals surface area contributed by atoms with E-state index in [1.165, 1.54) is 43.4 Å². The predicted molar refractivity (Wildman–Crippen MR) is 192 cm³/mol. The number of fused-ring (bicyclic) bond motifs is 7. The van der Waals surface area contributed by atoms with Crippen molar-refractivity contribution in [3.8, 4) is 11.1 Å². The first kappa shape index (κ1) is 26.1. The van der Waals surface area contributed by atoms with Crippen LogP contribution < -0.4 is 9.36 Å². The Bertz CT molecular complexity index is 2560. The fourth-order valence-corrected chi connectivity index (χ4v) is 7.48. The van der Waals surface area contributed by atoms with Gasteiger partial charge in [-0.05, 0) is 0 Å². The van der Waals surface area contributed by atoms with E-state index in [1.54, 1.807) is 0 Å². The van der Waals surface area contributed by atoms with Gasteiger partial charge in [0, 0.05) is 0 Å². The van der Waals surface area contributed by atoms with Gasteiger partial charge >= 0.3 is 264 Å². The number of furan rings is 1. The molecule has 2 nitrogen and oxygen atoms in total. The SMILES string of the molecule is [Se]c1c(-c2ccccc2)cccc1N(c1ccc2ccc3cc4oc5ccccc5c4cc3c2c1)c1cccc2ccccc12. The van der Waals surface area contributed by atoms with Crippen molar-refractivity contribution in [3.63, 3.8) is 0 Å². The zero-order chi connectivity index (χ0) is 29.9. The molecule has 1 heterocycles. The van der Waals surface area contributed by atoms with Crippen LogP contribution in [0.2, 0.25) is 0 Å². The maximum absolute atomic E-state index is 6.24. The fourth-order valence-electron chi connectivity index (χ4n) is 6.76. The molecule has 0 aliphatic rings. The van der Waals surface area contributed by atoms with Crippen LogP contribution in [-0.2, 0) is 0 Å². The Morgan fingerprint density at radius 2 is 1.09 bits per heavy atom. The van der Waals surface area contributed by atoms with Crippen molar-refractivity contribution < 1.29 is 4.42 Å². The molecule has 0 aliphatic carbocycles. The number of hydrogen-bond donors (Lipinski definition) is 0. The third-order valence-electron chi connectivity index (χ3n) is 8.90. The van der Waals surface area contributed by atoms with E-state index in [9.17, 15) is 0 Å². The van der Waals surface area contributed by atoms with Crippen molar-refractivity contribution in [2.45, 2.75) is 0 Å². The van der Waals surface area contributed by atoms with Gasteiger partial charge in [-0.2, -0.15) is 0 Å². The Kier molecular flexibility index (Phi) is 6.02. The van der Waals surface area contributed by atoms with E-state index in [2.05, 4.69) is 167 Å². The minimum absolute atomic E-state index is 0.917. The monoisotopic (exact) mass is 640 g/mol. The summed E-state index contributed by atoms with van der Waals surface area (Å²) in [5.41, 5.74) is 7.55. The summed E-state index contributed by atoms with van der Waals surface area (Å²) in [6, 6.07) is 56.4. The molecule has 0 fully saturated rings. The summed E-state index contributed by atoms with van der Waals surface area (Å²) in [7, 11) is 0. The van der Waals surface area contributed by atoms with E-state index in [-0.39, 0.29) is 0 Å². The Hall–Kier alpha value is -5.34. The average molecular weight is 640 g/mol. The van der Waals surface area contributed by atoms with Crippen LogP contribution in [0.1, 0.15) is 0 Å². The first-order chi connectivity index (χ1) is 22.2. The van der Waals surface area contributed by atoms with Gasteiger partial charge in [0.15, 0.2) is 0 Å². The third-order valence-corrected chi connectivity index (χ3v) is 9.80. The van der Waals surface area contributed by atoms with E-state index in [0.29, 0.717) is 0 Å². The standard InChI is InChI=1S/C42H26NOSe/c45-42-33(28-10-2-1-3-11-28)16-9-18-39(42)43(38-17-8-13-27-12-4-5-14-32(27)38)31-23-22-29-20-21-30-24-41-37(26-36(30)35(29)25-31)34-15-6-7-19-40(34)44-41/h1-26H. The summed E-state index contributed by atoms with van der Waals surface area (Å²) in [6.07, 6.45) is 0. The number of hydrogen-bond acceptors (Lipinski definition) is 2. The van der Waals surface area contributed by atoms with Crippen molar-refractivity contribution in [1.82, 2.24) is 0 Å². The van der Waals surface area contributed by atoms with Gasteiger partial charge in [0.05, 0.1) is 0 Å². The summed E-state index contributed by atoms with van der Waals surface area (Å²) in [5.74, 6) is 0. The van der Waals surface area contributed by atoms with Crippen LogP contribution in [0.4, 0.5) is 17.1 Å². The molecule has 0 amide bonds. The summed E-state index contributed by atoms with van der Waals surface area (Å²) in [4.78, 5) is 2.41. The van der Waals surface area contributed by atoms with Crippen molar-refractivity contribution in [2.24, 2.45) is 0 Å². The topological polar surface area (TPSA) is 16.4 Å². The fraction of sp³-hybridized carbons (Fsp3) is 0. The quantitative estimate of drug-likeness (QED) is 0.141. The second-order valence-corrected chi connectivity index (χ2v) is 12.3. The van der Waals surface area contributed by atoms with Crippen LogP contribution in [-0.4, -0.2) is 16.0 Å². The molecule has 8 aromatic carbocycles. The summed E-state index contributed by atoms with van der Waals surface area (Å²) >= 11 is 3.45. The molecule has 45 heavy (non-hydrogen) atoms. The minimum atomic E-state index is 0.917. The van der Waals surface area contributed by atoms with Crippen LogP contribution >= 0.6 is 0 Å². The molecule has 0 unspecified atom stereocenters. The molecule has 0 saturated carbocycles. The molecule has 3 heteroatoms. The summed E-state index contributed by atoms with van der Waals surface area (Å²) in [6.45, 7) is 0. The first-order valence-corrected chi connectivity index (χ1v) is 16.0. The zero-order valence-corrected chi connectivity index (χ0v) is 26.0. The van der Waals surface area contributed by atoms with Crippen molar-refractivity contribution in [2.75, 3.05) is 4.90 Å². The number of rotatable bonds is 4. The number of anilines is 3. The number of benzene rings is 8. The van der Waals surface area contributed by atoms with Crippen LogP contribution in [0.3, 0.4) is 0 Å². The van der Waals surface area contributed by atoms with Gasteiger partial charge in [0.2, 0.25) is 0 Å². The van der Waals surface area contributed by atoms with Crippen LogP contribution in [0.15, 0.2) is 162 Å². The first-order valence-electron chi connectivity index (χ1n) is 15.1. The van der Waals surface area contributed by atoms with Gasteiger partial charge in [-0.1, -0.05) is 6.07 Å². The van der Waals surface area contributed by atoms with Crippen molar-refractivity contribution in [3.05, 3.63) is 158 Å². The van der Waals surface area contributed by atoms with Crippen LogP contribution in [0.5, 0.6) is 0 Å². The van der Waals surface area contributed by atoms with E-state index in [0.717, 1.165) is 43.5 Å². The molecule has 0 aliphatic heterocycles. The van der Waals surface area contributed by atoms with E-state index in [4.69, 9.17) is 4.42 Å². The Morgan fingerprint density at radius 1 is 0.422 bits per heavy atom. The van der Waals surface area contributed by atoms with Gasteiger partial charge in [0.25, 0.3) is 0 Å². The Balaban J connectivity index is 1.33. The van der Waals surface area contributed by atoms with Gasteiger partial charge in [-0.3, -0.25) is 0 Å². The molecule has 9 rings (SSSR count). The van der Waals surface area contributed by atoms with Gasteiger partial charge in [0.1, 0.15) is 0 Å². The van der Waals surface area contributed by atoms with Crippen molar-refractivity contribution >= 4 is 91.8 Å². The molecular formula is C42H26NOSe. The normalized spacial score (nSPS) is 11.6. The molecular weight excluding hydrogens is 613 g/mol. The maximum atomic E-state index is 6.24. The average Bonchev–Trinajstić information content (AvgIpc) is 3.46. The van der Waals surface area contributed by atoms with Gasteiger partial charge in [-0.15, -0.1) is 0 Å². The summed E-state index contributed by atoms with van der Waals surface area (Å²) in [5, 5.41) is 9.49. The van der Waals surface area contributed by atoms with Crippen LogP contribution in [0, 0.1) is 0 Å². The molecule has 0 N–H and O–H groups in total. The van der Waals surface area contributed by atoms with E-state index in [1.807, 2.05) is 12.1 Å². The van der Waals surface area contributed by atoms with Crippen molar-refractivity contribution in [1.29, 1.82) is 0 Å². The van der Waals surface area contributed by atoms with Gasteiger partial charge in [-0.25, -0.2) is 0 Å². The molecule has 0 bridgehead atoms. The zero-order valence-electron chi connectivity index (χ0n) is 24.3. The molecule has 9 aromatic rings. The Labute approximate surface area is 269 Å². The summed E-state index contributed by atoms with van der Waals surface area (Å²) < 4.78 is 7.35. The molecule has 0 saturated heterocycles. The molecule has 211 valence electrons. The number of para-hydroxylation sites is 1. The predicted octanol–water partition coefficient (Wildman–Crippen LogP) is 11.0. The second kappa shape index (κ2) is 10.4. The Morgan fingerprint density at radius 3 is 2.00 bits per heavy atom. The van der Waals surface area contributed by atoms with Crippen LogP contribution in [0.25, 0.3) is 65.4 Å². The number of nitrogens with zero attached hydrogens (tertiary/aromatic N) is 1. The molecule has 1 aromatic heterocycles. The van der Waals surface area contributed by atoms with E-state index < -0.39 is 0 Å². The van der Waals surface area contributed by atoms with E-state index >= 15 is 0 Å².